The van der Waals surface area contributed by atoms with Gasteiger partial charge in [0.2, 0.25) is 0 Å². The number of aromatic nitrogens is 5. The fourth-order valence-electron chi connectivity index (χ4n) is 5.24. The third-order valence-corrected chi connectivity index (χ3v) is 7.08. The molecule has 0 radical (unpaired) electrons. The summed E-state index contributed by atoms with van der Waals surface area (Å²) >= 11 is 3.54. The van der Waals surface area contributed by atoms with Gasteiger partial charge >= 0.3 is 0 Å². The van der Waals surface area contributed by atoms with Gasteiger partial charge in [0.25, 0.3) is 0 Å². The first-order valence-electron chi connectivity index (χ1n) is 11.2. The molecular formula is C25H24BrN5O2. The van der Waals surface area contributed by atoms with Crippen LogP contribution in [0.4, 0.5) is 0 Å². The quantitative estimate of drug-likeness (QED) is 0.314. The van der Waals surface area contributed by atoms with Crippen molar-refractivity contribution in [2.75, 3.05) is 13.2 Å². The molecule has 4 aromatic heterocycles. The van der Waals surface area contributed by atoms with Crippen molar-refractivity contribution in [3.63, 3.8) is 0 Å². The van der Waals surface area contributed by atoms with Crippen LogP contribution < -0.4 is 0 Å². The van der Waals surface area contributed by atoms with E-state index in [-0.39, 0.29) is 6.04 Å². The Labute approximate surface area is 199 Å². The van der Waals surface area contributed by atoms with Crippen LogP contribution in [0, 0.1) is 12.8 Å². The topological polar surface area (TPSA) is 70.9 Å². The number of aryl methyl sites for hydroxylation is 2. The van der Waals surface area contributed by atoms with Gasteiger partial charge in [0.1, 0.15) is 5.52 Å². The van der Waals surface area contributed by atoms with Crippen LogP contribution >= 0.6 is 15.9 Å². The zero-order valence-electron chi connectivity index (χ0n) is 18.5. The fraction of sp³-hybridized carbons (Fsp3) is 0.320. The minimum Gasteiger partial charge on any atom is -0.445 e. The van der Waals surface area contributed by atoms with Gasteiger partial charge in [-0.2, -0.15) is 0 Å². The highest BCUT2D eigenvalue weighted by atomic mass is 79.9. The molecule has 1 aliphatic heterocycles. The number of halogens is 1. The van der Waals surface area contributed by atoms with Gasteiger partial charge < -0.3 is 13.7 Å². The van der Waals surface area contributed by atoms with Crippen LogP contribution in [0.2, 0.25) is 0 Å². The average Bonchev–Trinajstić information content (AvgIpc) is 3.47. The summed E-state index contributed by atoms with van der Waals surface area (Å²) in [6.07, 6.45) is 3.91. The van der Waals surface area contributed by atoms with E-state index in [2.05, 4.69) is 73.3 Å². The smallest absolute Gasteiger partial charge is 0.179 e. The molecule has 0 aliphatic carbocycles. The molecule has 1 fully saturated rings. The second-order valence-electron chi connectivity index (χ2n) is 8.68. The van der Waals surface area contributed by atoms with Crippen LogP contribution in [0.3, 0.4) is 0 Å². The first-order valence-corrected chi connectivity index (χ1v) is 12.0. The molecule has 0 amide bonds. The molecule has 1 atom stereocenters. The number of nitrogens with zero attached hydrogens (tertiary/aromatic N) is 5. The molecule has 0 saturated carbocycles. The summed E-state index contributed by atoms with van der Waals surface area (Å²) in [4.78, 5) is 4.87. The number of ether oxygens (including phenoxy) is 1. The highest BCUT2D eigenvalue weighted by Crippen LogP contribution is 2.42. The standard InChI is InChI=1S/C25H24BrN5O2/c1-15-23(30(2)29-28-15)18-12-19-22(27-14-18)25-20(13-21(26)33-25)31(19)24(16-6-4-3-5-7-16)17-8-10-32-11-9-17/h3-7,12-14,17,24H,8-11H2,1-2H3. The Morgan fingerprint density at radius 3 is 2.61 bits per heavy atom. The van der Waals surface area contributed by atoms with Crippen LogP contribution in [0.1, 0.15) is 30.1 Å². The minimum atomic E-state index is 0.141. The first kappa shape index (κ1) is 20.6. The lowest BCUT2D eigenvalue weighted by Crippen LogP contribution is -2.26. The van der Waals surface area contributed by atoms with Crippen molar-refractivity contribution in [3.05, 3.63) is 64.6 Å². The number of furan rings is 1. The molecule has 33 heavy (non-hydrogen) atoms. The van der Waals surface area contributed by atoms with Crippen molar-refractivity contribution >= 4 is 38.1 Å². The SMILES string of the molecule is Cc1nnn(C)c1-c1cnc2c3oc(Br)cc3n(C(c3ccccc3)C3CCOCC3)c2c1. The van der Waals surface area contributed by atoms with E-state index in [4.69, 9.17) is 14.1 Å². The van der Waals surface area contributed by atoms with E-state index in [1.165, 1.54) is 5.56 Å². The van der Waals surface area contributed by atoms with E-state index in [0.29, 0.717) is 10.6 Å². The molecule has 8 heteroatoms. The first-order chi connectivity index (χ1) is 16.1. The van der Waals surface area contributed by atoms with Crippen molar-refractivity contribution < 1.29 is 9.15 Å². The van der Waals surface area contributed by atoms with Crippen LogP contribution in [0.25, 0.3) is 33.4 Å². The Kier molecular flexibility index (Phi) is 5.07. The number of hydrogen-bond acceptors (Lipinski definition) is 5. The second kappa shape index (κ2) is 8.11. The zero-order chi connectivity index (χ0) is 22.5. The lowest BCUT2D eigenvalue weighted by molar-refractivity contribution is 0.0553. The van der Waals surface area contributed by atoms with Crippen LogP contribution in [-0.2, 0) is 11.8 Å². The monoisotopic (exact) mass is 505 g/mol. The van der Waals surface area contributed by atoms with E-state index < -0.39 is 0 Å². The summed E-state index contributed by atoms with van der Waals surface area (Å²) in [7, 11) is 1.91. The Hall–Kier alpha value is -2.97. The molecule has 0 bridgehead atoms. The molecule has 0 N–H and O–H groups in total. The molecule has 5 heterocycles. The van der Waals surface area contributed by atoms with Gasteiger partial charge in [-0.05, 0) is 53.2 Å². The average molecular weight is 506 g/mol. The summed E-state index contributed by atoms with van der Waals surface area (Å²) in [5.74, 6) is 0.442. The maximum atomic E-state index is 6.09. The van der Waals surface area contributed by atoms with Crippen LogP contribution in [-0.4, -0.2) is 37.8 Å². The van der Waals surface area contributed by atoms with Crippen molar-refractivity contribution in [3.8, 4) is 11.3 Å². The van der Waals surface area contributed by atoms with E-state index in [1.807, 2.05) is 20.2 Å². The van der Waals surface area contributed by atoms with Gasteiger partial charge in [-0.1, -0.05) is 35.5 Å². The predicted molar refractivity (Wildman–Crippen MR) is 130 cm³/mol. The third kappa shape index (κ3) is 3.40. The van der Waals surface area contributed by atoms with Gasteiger partial charge in [-0.15, -0.1) is 5.10 Å². The molecule has 7 nitrogen and oxygen atoms in total. The number of rotatable bonds is 4. The van der Waals surface area contributed by atoms with Gasteiger partial charge in [0.05, 0.1) is 28.5 Å². The summed E-state index contributed by atoms with van der Waals surface area (Å²) in [6.45, 7) is 3.55. The molecule has 0 spiro atoms. The maximum Gasteiger partial charge on any atom is 0.179 e. The lowest BCUT2D eigenvalue weighted by Gasteiger charge is -2.32. The molecule has 168 valence electrons. The number of pyridine rings is 1. The highest BCUT2D eigenvalue weighted by Gasteiger charge is 2.31. The van der Waals surface area contributed by atoms with Crippen molar-refractivity contribution in [2.24, 2.45) is 13.0 Å². The third-order valence-electron chi connectivity index (χ3n) is 6.68. The summed E-state index contributed by atoms with van der Waals surface area (Å²) in [6, 6.07) is 15.1. The molecule has 1 aliphatic rings. The molecule has 5 aromatic rings. The minimum absolute atomic E-state index is 0.141. The van der Waals surface area contributed by atoms with Gasteiger partial charge in [0.15, 0.2) is 10.3 Å². The maximum absolute atomic E-state index is 6.09. The number of hydrogen-bond donors (Lipinski definition) is 0. The summed E-state index contributed by atoms with van der Waals surface area (Å²) in [5, 5.41) is 8.42. The normalized spacial score (nSPS) is 16.1. The zero-order valence-corrected chi connectivity index (χ0v) is 20.1. The number of benzene rings is 1. The van der Waals surface area contributed by atoms with Crippen LogP contribution in [0.15, 0.2) is 57.7 Å². The van der Waals surface area contributed by atoms with Crippen molar-refractivity contribution in [1.82, 2.24) is 24.5 Å². The Bertz CT molecular complexity index is 1430. The molecular weight excluding hydrogens is 482 g/mol. The Morgan fingerprint density at radius 1 is 1.09 bits per heavy atom. The number of fused-ring (bicyclic) bond motifs is 3. The molecule has 1 aromatic carbocycles. The fourth-order valence-corrected chi connectivity index (χ4v) is 5.62. The Morgan fingerprint density at radius 2 is 1.88 bits per heavy atom. The van der Waals surface area contributed by atoms with Gasteiger partial charge in [-0.3, -0.25) is 0 Å². The predicted octanol–water partition coefficient (Wildman–Crippen LogP) is 5.66. The summed E-state index contributed by atoms with van der Waals surface area (Å²) in [5.41, 5.74) is 7.88. The van der Waals surface area contributed by atoms with E-state index >= 15 is 0 Å². The van der Waals surface area contributed by atoms with Crippen LogP contribution in [0.5, 0.6) is 0 Å². The van der Waals surface area contributed by atoms with E-state index in [9.17, 15) is 0 Å². The molecule has 1 saturated heterocycles. The van der Waals surface area contributed by atoms with Gasteiger partial charge in [0, 0.05) is 38.1 Å². The molecule has 1 unspecified atom stereocenters. The lowest BCUT2D eigenvalue weighted by atomic mass is 9.86. The summed E-state index contributed by atoms with van der Waals surface area (Å²) < 4.78 is 16.7. The second-order valence-corrected chi connectivity index (χ2v) is 9.46. The molecule has 6 rings (SSSR count). The highest BCUT2D eigenvalue weighted by molar-refractivity contribution is 9.10. The Balaban J connectivity index is 1.65. The van der Waals surface area contributed by atoms with Crippen molar-refractivity contribution in [2.45, 2.75) is 25.8 Å². The van der Waals surface area contributed by atoms with Crippen molar-refractivity contribution in [1.29, 1.82) is 0 Å². The largest absolute Gasteiger partial charge is 0.445 e. The van der Waals surface area contributed by atoms with E-state index in [0.717, 1.165) is 65.1 Å². The van der Waals surface area contributed by atoms with E-state index in [1.54, 1.807) is 4.68 Å². The van der Waals surface area contributed by atoms with Gasteiger partial charge in [-0.25, -0.2) is 9.67 Å².